The molecule has 3 heterocycles. The summed E-state index contributed by atoms with van der Waals surface area (Å²) in [6.07, 6.45) is 1.74. The normalized spacial score (nSPS) is 16.6. The molecule has 2 amide bonds. The number of nitrogens with zero attached hydrogens (tertiary/aromatic N) is 3. The van der Waals surface area contributed by atoms with E-state index in [4.69, 9.17) is 0 Å². The van der Waals surface area contributed by atoms with Crippen molar-refractivity contribution in [3.8, 4) is 0 Å². The van der Waals surface area contributed by atoms with Crippen LogP contribution >= 0.6 is 0 Å². The molecule has 0 spiro atoms. The maximum Gasteiger partial charge on any atom is 0.229 e. The number of nitrogens with one attached hydrogen (secondary N) is 3. The lowest BCUT2D eigenvalue weighted by molar-refractivity contribution is -0.126. The summed E-state index contributed by atoms with van der Waals surface area (Å²) in [7, 11) is 0. The number of fused-ring (bicyclic) bond motifs is 2. The zero-order valence-electron chi connectivity index (χ0n) is 16.4. The number of aromatic nitrogens is 4. The molecule has 1 atom stereocenters. The van der Waals surface area contributed by atoms with E-state index >= 15 is 0 Å². The van der Waals surface area contributed by atoms with E-state index in [1.54, 1.807) is 4.90 Å². The average molecular weight is 402 g/mol. The summed E-state index contributed by atoms with van der Waals surface area (Å²) in [4.78, 5) is 34.5. The fourth-order valence-corrected chi connectivity index (χ4v) is 3.98. The Hall–Kier alpha value is -3.68. The van der Waals surface area contributed by atoms with Crippen molar-refractivity contribution in [2.75, 3.05) is 18.0 Å². The van der Waals surface area contributed by atoms with Crippen LogP contribution in [0.4, 0.5) is 5.82 Å². The Kier molecular flexibility index (Phi) is 4.66. The number of amides is 2. The Morgan fingerprint density at radius 3 is 2.80 bits per heavy atom. The van der Waals surface area contributed by atoms with E-state index in [9.17, 15) is 9.59 Å². The van der Waals surface area contributed by atoms with Crippen molar-refractivity contribution in [1.29, 1.82) is 0 Å². The van der Waals surface area contributed by atoms with Crippen molar-refractivity contribution in [2.45, 2.75) is 19.3 Å². The highest BCUT2D eigenvalue weighted by molar-refractivity contribution is 6.05. The standard InChI is InChI=1S/C22H22N6O2/c29-20-12-14(13-28(20)21-15-6-1-2-7-16(15)26-27-21)22(30)23-11-5-10-19-24-17-8-3-4-9-18(17)25-19/h1-4,6-9,14H,5,10-13H2,(H,23,30)(H,24,25)(H,26,27). The van der Waals surface area contributed by atoms with Crippen LogP contribution in [-0.2, 0) is 16.0 Å². The summed E-state index contributed by atoms with van der Waals surface area (Å²) in [5.74, 6) is 0.984. The molecule has 1 unspecified atom stereocenters. The molecule has 2 aromatic carbocycles. The minimum atomic E-state index is -0.362. The second-order valence-electron chi connectivity index (χ2n) is 7.59. The first-order valence-electron chi connectivity index (χ1n) is 10.1. The van der Waals surface area contributed by atoms with Crippen LogP contribution in [0.25, 0.3) is 21.9 Å². The number of carbonyl (C=O) groups is 2. The Labute approximate surface area is 172 Å². The summed E-state index contributed by atoms with van der Waals surface area (Å²) >= 11 is 0. The van der Waals surface area contributed by atoms with Crippen LogP contribution in [0.15, 0.2) is 48.5 Å². The van der Waals surface area contributed by atoms with E-state index in [1.807, 2.05) is 48.5 Å². The largest absolute Gasteiger partial charge is 0.356 e. The van der Waals surface area contributed by atoms with Crippen molar-refractivity contribution in [3.05, 3.63) is 54.4 Å². The molecule has 30 heavy (non-hydrogen) atoms. The molecular weight excluding hydrogens is 380 g/mol. The van der Waals surface area contributed by atoms with Crippen LogP contribution < -0.4 is 10.2 Å². The Morgan fingerprint density at radius 1 is 1.13 bits per heavy atom. The van der Waals surface area contributed by atoms with Gasteiger partial charge < -0.3 is 10.3 Å². The SMILES string of the molecule is O=C(NCCCc1nc2ccccc2[nH]1)C1CC(=O)N(c2n[nH]c3ccccc23)C1. The predicted molar refractivity (Wildman–Crippen MR) is 114 cm³/mol. The zero-order valence-corrected chi connectivity index (χ0v) is 16.4. The Balaban J connectivity index is 1.15. The number of anilines is 1. The van der Waals surface area contributed by atoms with E-state index in [0.717, 1.165) is 40.6 Å². The average Bonchev–Trinajstić information content (AvgIpc) is 3.46. The van der Waals surface area contributed by atoms with Crippen LogP contribution in [0.3, 0.4) is 0 Å². The molecular formula is C22H22N6O2. The molecule has 2 aromatic heterocycles. The van der Waals surface area contributed by atoms with Gasteiger partial charge in [0.05, 0.1) is 22.5 Å². The van der Waals surface area contributed by atoms with Gasteiger partial charge in [-0.3, -0.25) is 19.6 Å². The molecule has 1 aliphatic heterocycles. The first-order valence-corrected chi connectivity index (χ1v) is 10.1. The van der Waals surface area contributed by atoms with Gasteiger partial charge in [0.15, 0.2) is 5.82 Å². The minimum absolute atomic E-state index is 0.0744. The van der Waals surface area contributed by atoms with Gasteiger partial charge in [-0.05, 0) is 30.7 Å². The molecule has 0 radical (unpaired) electrons. The molecule has 0 bridgehead atoms. The highest BCUT2D eigenvalue weighted by Crippen LogP contribution is 2.29. The molecule has 8 nitrogen and oxygen atoms in total. The molecule has 1 aliphatic rings. The lowest BCUT2D eigenvalue weighted by Crippen LogP contribution is -2.33. The second-order valence-corrected chi connectivity index (χ2v) is 7.59. The summed E-state index contributed by atoms with van der Waals surface area (Å²) in [5.41, 5.74) is 2.85. The van der Waals surface area contributed by atoms with E-state index in [0.29, 0.717) is 18.9 Å². The summed E-state index contributed by atoms with van der Waals surface area (Å²) < 4.78 is 0. The molecule has 1 saturated heterocycles. The first kappa shape index (κ1) is 18.4. The fraction of sp³-hybridized carbons (Fsp3) is 0.273. The van der Waals surface area contributed by atoms with Crippen molar-refractivity contribution in [3.63, 3.8) is 0 Å². The highest BCUT2D eigenvalue weighted by Gasteiger charge is 2.36. The number of H-pyrrole nitrogens is 2. The fourth-order valence-electron chi connectivity index (χ4n) is 3.98. The lowest BCUT2D eigenvalue weighted by Gasteiger charge is -2.14. The summed E-state index contributed by atoms with van der Waals surface area (Å²) in [6, 6.07) is 15.6. The number of carbonyl (C=O) groups excluding carboxylic acids is 2. The van der Waals surface area contributed by atoms with Gasteiger partial charge in [0.2, 0.25) is 11.8 Å². The maximum absolute atomic E-state index is 12.6. The molecule has 5 rings (SSSR count). The van der Waals surface area contributed by atoms with Gasteiger partial charge in [-0.15, -0.1) is 0 Å². The molecule has 0 aliphatic carbocycles. The third kappa shape index (κ3) is 3.41. The third-order valence-corrected chi connectivity index (χ3v) is 5.53. The number of rotatable bonds is 6. The van der Waals surface area contributed by atoms with Crippen LogP contribution in [0.5, 0.6) is 0 Å². The smallest absolute Gasteiger partial charge is 0.229 e. The monoisotopic (exact) mass is 402 g/mol. The zero-order chi connectivity index (χ0) is 20.5. The number of hydrogen-bond donors (Lipinski definition) is 3. The Morgan fingerprint density at radius 2 is 1.93 bits per heavy atom. The number of aryl methyl sites for hydroxylation is 1. The molecule has 4 aromatic rings. The maximum atomic E-state index is 12.6. The van der Waals surface area contributed by atoms with Gasteiger partial charge in [0.25, 0.3) is 0 Å². The predicted octanol–water partition coefficient (Wildman–Crippen LogP) is 2.54. The highest BCUT2D eigenvalue weighted by atomic mass is 16.2. The van der Waals surface area contributed by atoms with Gasteiger partial charge in [0, 0.05) is 31.3 Å². The van der Waals surface area contributed by atoms with Gasteiger partial charge in [-0.2, -0.15) is 5.10 Å². The second kappa shape index (κ2) is 7.62. The van der Waals surface area contributed by atoms with Gasteiger partial charge in [-0.25, -0.2) is 4.98 Å². The number of benzene rings is 2. The third-order valence-electron chi connectivity index (χ3n) is 5.53. The first-order chi connectivity index (χ1) is 14.7. The summed E-state index contributed by atoms with van der Waals surface area (Å²) in [6.45, 7) is 0.898. The number of para-hydroxylation sites is 3. The minimum Gasteiger partial charge on any atom is -0.356 e. The van der Waals surface area contributed by atoms with E-state index in [1.165, 1.54) is 0 Å². The van der Waals surface area contributed by atoms with Gasteiger partial charge in [-0.1, -0.05) is 24.3 Å². The molecule has 0 saturated carbocycles. The molecule has 152 valence electrons. The van der Waals surface area contributed by atoms with Crippen molar-refractivity contribution >= 4 is 39.6 Å². The molecule has 3 N–H and O–H groups in total. The van der Waals surface area contributed by atoms with Crippen LogP contribution in [0, 0.1) is 5.92 Å². The quantitative estimate of drug-likeness (QED) is 0.431. The van der Waals surface area contributed by atoms with Gasteiger partial charge in [0.1, 0.15) is 5.82 Å². The van der Waals surface area contributed by atoms with Crippen LogP contribution in [0.2, 0.25) is 0 Å². The number of hydrogen-bond acceptors (Lipinski definition) is 4. The lowest BCUT2D eigenvalue weighted by atomic mass is 10.1. The van der Waals surface area contributed by atoms with Crippen molar-refractivity contribution in [1.82, 2.24) is 25.5 Å². The Bertz CT molecular complexity index is 1190. The van der Waals surface area contributed by atoms with Crippen molar-refractivity contribution < 1.29 is 9.59 Å². The van der Waals surface area contributed by atoms with Crippen molar-refractivity contribution in [2.24, 2.45) is 5.92 Å². The van der Waals surface area contributed by atoms with E-state index in [2.05, 4.69) is 25.5 Å². The molecule has 1 fully saturated rings. The van der Waals surface area contributed by atoms with E-state index < -0.39 is 0 Å². The van der Waals surface area contributed by atoms with Crippen LogP contribution in [-0.4, -0.2) is 45.1 Å². The molecule has 8 heteroatoms. The number of aromatic amines is 2. The van der Waals surface area contributed by atoms with E-state index in [-0.39, 0.29) is 24.2 Å². The topological polar surface area (TPSA) is 107 Å². The summed E-state index contributed by atoms with van der Waals surface area (Å²) in [5, 5.41) is 11.1. The number of imidazole rings is 1. The van der Waals surface area contributed by atoms with Crippen LogP contribution in [0.1, 0.15) is 18.7 Å². The van der Waals surface area contributed by atoms with Gasteiger partial charge >= 0.3 is 0 Å².